The largest absolute Gasteiger partial charge is 0.394 e. The fraction of sp³-hybridized carbons (Fsp3) is 0.529. The summed E-state index contributed by atoms with van der Waals surface area (Å²) < 4.78 is 2.22. The molecule has 1 aromatic heterocycles. The number of hydrogen-bond acceptors (Lipinski definition) is 5. The summed E-state index contributed by atoms with van der Waals surface area (Å²) in [4.78, 5) is 2.18. The first kappa shape index (κ1) is 16.1. The number of fused-ring (bicyclic) bond motifs is 1. The van der Waals surface area contributed by atoms with E-state index >= 15 is 0 Å². The fourth-order valence-electron chi connectivity index (χ4n) is 3.05. The maximum Gasteiger partial charge on any atom is 0.134 e. The van der Waals surface area contributed by atoms with Gasteiger partial charge in [-0.15, -0.1) is 10.2 Å². The normalized spacial score (nSPS) is 16.8. The molecule has 0 aliphatic carbocycles. The van der Waals surface area contributed by atoms with Crippen molar-refractivity contribution in [1.82, 2.24) is 19.7 Å². The van der Waals surface area contributed by atoms with E-state index in [0.717, 1.165) is 50.5 Å². The lowest BCUT2D eigenvalue weighted by molar-refractivity contribution is 0.0597. The predicted molar refractivity (Wildman–Crippen MR) is 87.1 cm³/mol. The molecule has 2 aromatic rings. The molecule has 0 fully saturated rings. The van der Waals surface area contributed by atoms with Crippen molar-refractivity contribution in [2.45, 2.75) is 31.9 Å². The quantitative estimate of drug-likeness (QED) is 0.800. The van der Waals surface area contributed by atoms with Crippen molar-refractivity contribution >= 4 is 0 Å². The smallest absolute Gasteiger partial charge is 0.134 e. The summed E-state index contributed by atoms with van der Waals surface area (Å²) in [5.41, 5.74) is 1.31. The van der Waals surface area contributed by atoms with Crippen molar-refractivity contribution in [2.24, 2.45) is 0 Å². The fourth-order valence-corrected chi connectivity index (χ4v) is 3.05. The second kappa shape index (κ2) is 7.68. The number of aliphatic hydroxyl groups excluding tert-OH is 2. The van der Waals surface area contributed by atoms with Crippen LogP contribution in [0.4, 0.5) is 0 Å². The Hall–Kier alpha value is -1.76. The van der Waals surface area contributed by atoms with Crippen LogP contribution < -0.4 is 0 Å². The first-order valence-corrected chi connectivity index (χ1v) is 8.22. The summed E-state index contributed by atoms with van der Waals surface area (Å²) in [6.07, 6.45) is 2.01. The molecule has 1 aliphatic heterocycles. The van der Waals surface area contributed by atoms with Gasteiger partial charge in [0.15, 0.2) is 0 Å². The van der Waals surface area contributed by atoms with E-state index in [-0.39, 0.29) is 6.61 Å². The van der Waals surface area contributed by atoms with E-state index in [1.165, 1.54) is 5.56 Å². The van der Waals surface area contributed by atoms with Gasteiger partial charge < -0.3 is 14.8 Å². The highest BCUT2D eigenvalue weighted by Gasteiger charge is 2.19. The van der Waals surface area contributed by atoms with Gasteiger partial charge in [-0.3, -0.25) is 4.90 Å². The minimum Gasteiger partial charge on any atom is -0.394 e. The van der Waals surface area contributed by atoms with Crippen LogP contribution in [-0.2, 0) is 25.8 Å². The zero-order valence-electron chi connectivity index (χ0n) is 13.3. The topological polar surface area (TPSA) is 74.4 Å². The zero-order chi connectivity index (χ0) is 16.1. The number of β-amino-alcohol motifs (C(OH)–C–C–N with tert-alkyl or cyclic N) is 1. The van der Waals surface area contributed by atoms with Gasteiger partial charge >= 0.3 is 0 Å². The summed E-state index contributed by atoms with van der Waals surface area (Å²) in [5.74, 6) is 2.06. The van der Waals surface area contributed by atoms with Crippen molar-refractivity contribution in [2.75, 3.05) is 26.2 Å². The number of aromatic nitrogens is 3. The van der Waals surface area contributed by atoms with Gasteiger partial charge in [-0.05, 0) is 12.0 Å². The molecule has 0 spiro atoms. The first-order chi connectivity index (χ1) is 11.3. The van der Waals surface area contributed by atoms with Crippen LogP contribution in [0.15, 0.2) is 30.3 Å². The lowest BCUT2D eigenvalue weighted by Crippen LogP contribution is -2.36. The minimum atomic E-state index is -0.670. The van der Waals surface area contributed by atoms with Crippen LogP contribution in [0, 0.1) is 0 Å². The number of aliphatic hydroxyl groups is 2. The van der Waals surface area contributed by atoms with Crippen LogP contribution in [0.3, 0.4) is 0 Å². The van der Waals surface area contributed by atoms with Gasteiger partial charge in [-0.1, -0.05) is 30.3 Å². The maximum atomic E-state index is 9.61. The zero-order valence-corrected chi connectivity index (χ0v) is 13.3. The maximum absolute atomic E-state index is 9.61. The Kier molecular flexibility index (Phi) is 5.38. The van der Waals surface area contributed by atoms with Crippen LogP contribution in [0.2, 0.25) is 0 Å². The molecule has 1 atom stereocenters. The average molecular weight is 316 g/mol. The van der Waals surface area contributed by atoms with Gasteiger partial charge in [0.05, 0.1) is 12.7 Å². The Labute approximate surface area is 136 Å². The summed E-state index contributed by atoms with van der Waals surface area (Å²) in [6.45, 7) is 2.85. The molecule has 1 unspecified atom stereocenters. The summed E-state index contributed by atoms with van der Waals surface area (Å²) in [6, 6.07) is 10.4. The number of benzene rings is 1. The van der Waals surface area contributed by atoms with Gasteiger partial charge in [0.1, 0.15) is 11.6 Å². The molecule has 1 aliphatic rings. The molecule has 1 aromatic carbocycles. The number of rotatable bonds is 6. The molecule has 2 heterocycles. The Bertz CT molecular complexity index is 614. The Morgan fingerprint density at radius 3 is 2.65 bits per heavy atom. The molecule has 23 heavy (non-hydrogen) atoms. The standard InChI is InChI=1S/C17H24N4O2/c22-13-15(23)12-20-9-8-17-19-18-16(21(17)11-10-20)7-6-14-4-2-1-3-5-14/h1-5,15,22-23H,6-13H2. The second-order valence-corrected chi connectivity index (χ2v) is 6.06. The minimum absolute atomic E-state index is 0.190. The van der Waals surface area contributed by atoms with E-state index < -0.39 is 6.10 Å². The summed E-state index contributed by atoms with van der Waals surface area (Å²) in [5, 5.41) is 27.3. The Balaban J connectivity index is 1.61. The second-order valence-electron chi connectivity index (χ2n) is 6.06. The third-order valence-corrected chi connectivity index (χ3v) is 4.36. The van der Waals surface area contributed by atoms with Crippen LogP contribution >= 0.6 is 0 Å². The molecule has 6 heteroatoms. The third-order valence-electron chi connectivity index (χ3n) is 4.36. The highest BCUT2D eigenvalue weighted by atomic mass is 16.3. The van der Waals surface area contributed by atoms with Crippen molar-refractivity contribution in [1.29, 1.82) is 0 Å². The molecule has 124 valence electrons. The van der Waals surface area contributed by atoms with E-state index in [9.17, 15) is 5.11 Å². The van der Waals surface area contributed by atoms with Crippen LogP contribution in [0.5, 0.6) is 0 Å². The Morgan fingerprint density at radius 2 is 1.87 bits per heavy atom. The molecular weight excluding hydrogens is 292 g/mol. The Morgan fingerprint density at radius 1 is 1.04 bits per heavy atom. The molecule has 0 saturated carbocycles. The van der Waals surface area contributed by atoms with Crippen LogP contribution in [0.1, 0.15) is 17.2 Å². The molecule has 0 bridgehead atoms. The SMILES string of the molecule is OCC(O)CN1CCc2nnc(CCc3ccccc3)n2CC1. The molecule has 2 N–H and O–H groups in total. The number of hydrogen-bond donors (Lipinski definition) is 2. The van der Waals surface area contributed by atoms with Gasteiger partial charge in [-0.25, -0.2) is 0 Å². The summed E-state index contributed by atoms with van der Waals surface area (Å²) in [7, 11) is 0. The number of nitrogens with zero attached hydrogens (tertiary/aromatic N) is 4. The van der Waals surface area contributed by atoms with Crippen LogP contribution in [-0.4, -0.2) is 62.2 Å². The number of aryl methyl sites for hydroxylation is 2. The van der Waals surface area contributed by atoms with Crippen molar-refractivity contribution in [3.05, 3.63) is 47.5 Å². The van der Waals surface area contributed by atoms with Crippen molar-refractivity contribution < 1.29 is 10.2 Å². The van der Waals surface area contributed by atoms with Crippen LogP contribution in [0.25, 0.3) is 0 Å². The predicted octanol–water partition coefficient (Wildman–Crippen LogP) is 0.275. The monoisotopic (exact) mass is 316 g/mol. The summed E-state index contributed by atoms with van der Waals surface area (Å²) >= 11 is 0. The van der Waals surface area contributed by atoms with Gasteiger partial charge in [0.2, 0.25) is 0 Å². The molecular formula is C17H24N4O2. The average Bonchev–Trinajstić information content (AvgIpc) is 2.87. The molecule has 0 amide bonds. The van der Waals surface area contributed by atoms with E-state index in [4.69, 9.17) is 5.11 Å². The van der Waals surface area contributed by atoms with Gasteiger partial charge in [0, 0.05) is 39.0 Å². The molecule has 6 nitrogen and oxygen atoms in total. The molecule has 0 radical (unpaired) electrons. The van der Waals surface area contributed by atoms with E-state index in [1.54, 1.807) is 0 Å². The van der Waals surface area contributed by atoms with E-state index in [2.05, 4.69) is 43.9 Å². The lowest BCUT2D eigenvalue weighted by Gasteiger charge is -2.21. The third kappa shape index (κ3) is 4.16. The molecule has 3 rings (SSSR count). The molecule has 0 saturated heterocycles. The lowest BCUT2D eigenvalue weighted by atomic mass is 10.1. The van der Waals surface area contributed by atoms with E-state index in [1.807, 2.05) is 6.07 Å². The highest BCUT2D eigenvalue weighted by Crippen LogP contribution is 2.12. The van der Waals surface area contributed by atoms with Crippen molar-refractivity contribution in [3.8, 4) is 0 Å². The van der Waals surface area contributed by atoms with Crippen molar-refractivity contribution in [3.63, 3.8) is 0 Å². The van der Waals surface area contributed by atoms with Gasteiger partial charge in [0.25, 0.3) is 0 Å². The highest BCUT2D eigenvalue weighted by molar-refractivity contribution is 5.15. The van der Waals surface area contributed by atoms with Gasteiger partial charge in [-0.2, -0.15) is 0 Å². The first-order valence-electron chi connectivity index (χ1n) is 8.22. The van der Waals surface area contributed by atoms with E-state index in [0.29, 0.717) is 6.54 Å².